The zero-order chi connectivity index (χ0) is 39.3. The second kappa shape index (κ2) is 16.7. The minimum Gasteiger partial charge on any atom is -0.508 e. The van der Waals surface area contributed by atoms with E-state index in [0.29, 0.717) is 49.0 Å². The first kappa shape index (κ1) is 38.1. The van der Waals surface area contributed by atoms with Crippen LogP contribution in [0.2, 0.25) is 0 Å². The summed E-state index contributed by atoms with van der Waals surface area (Å²) in [6, 6.07) is 18.3. The van der Waals surface area contributed by atoms with Crippen LogP contribution in [0.3, 0.4) is 0 Å². The topological polar surface area (TPSA) is 250 Å². The van der Waals surface area contributed by atoms with Gasteiger partial charge in [-0.15, -0.1) is 0 Å². The highest BCUT2D eigenvalue weighted by Crippen LogP contribution is 2.36. The number of imidazole rings is 1. The summed E-state index contributed by atoms with van der Waals surface area (Å²) in [6.45, 7) is 1.12. The number of carbonyl (C=O) groups excluding carboxylic acids is 2. The van der Waals surface area contributed by atoms with Gasteiger partial charge >= 0.3 is 6.03 Å². The molecular weight excluding hydrogens is 722 g/mol. The Bertz CT molecular complexity index is 2100. The summed E-state index contributed by atoms with van der Waals surface area (Å²) in [4.78, 5) is 41.5. The molecule has 1 aliphatic carbocycles. The van der Waals surface area contributed by atoms with E-state index in [1.165, 1.54) is 6.33 Å². The van der Waals surface area contributed by atoms with Gasteiger partial charge < -0.3 is 61.4 Å². The molecule has 294 valence electrons. The molecule has 3 amide bonds. The van der Waals surface area contributed by atoms with E-state index in [9.17, 15) is 40.2 Å². The third-order valence-electron chi connectivity index (χ3n) is 10.3. The second-order valence-electron chi connectivity index (χ2n) is 14.2. The van der Waals surface area contributed by atoms with Crippen molar-refractivity contribution in [3.8, 4) is 17.2 Å². The Morgan fingerprint density at radius 3 is 2.27 bits per heavy atom. The van der Waals surface area contributed by atoms with Crippen LogP contribution in [0.4, 0.5) is 16.6 Å². The number of rotatable bonds is 13. The Kier molecular flexibility index (Phi) is 11.4. The van der Waals surface area contributed by atoms with Gasteiger partial charge in [0.05, 0.1) is 25.0 Å². The third-order valence-corrected chi connectivity index (χ3v) is 10.3. The molecule has 0 spiro atoms. The van der Waals surface area contributed by atoms with Crippen molar-refractivity contribution in [3.63, 3.8) is 0 Å². The highest BCUT2D eigenvalue weighted by atomic mass is 16.3. The van der Waals surface area contributed by atoms with Crippen molar-refractivity contribution >= 4 is 34.9 Å². The lowest BCUT2D eigenvalue weighted by atomic mass is 9.91. The summed E-state index contributed by atoms with van der Waals surface area (Å²) in [5, 5.41) is 73.0. The number of benzene rings is 3. The van der Waals surface area contributed by atoms with Gasteiger partial charge in [0.25, 0.3) is 0 Å². The van der Waals surface area contributed by atoms with Crippen LogP contribution in [-0.2, 0) is 11.3 Å². The maximum atomic E-state index is 12.8. The van der Waals surface area contributed by atoms with E-state index in [2.05, 4.69) is 26.3 Å². The Labute approximate surface area is 321 Å². The standard InChI is InChI=1S/C39H45N9O8/c49-15-13-32(53)44-30-17-31(35(55)34(30)54)48-21-42-33-36(40-19-29(23-4-8-26(50)9-5-23)24-6-10-27(51)11-7-24)45-38(46-37(33)48)47-14-12-25(20-47)43-39(56)41-18-22-2-1-3-28(52)16-22/h1-11,16,21,25,29-31,34-35,49-52,54-55H,12-15,17-20H2,(H,44,53)(H,40,45,46)(H2,41,43,56)/t25-,30+,31-,34-,35+/m1/s1. The van der Waals surface area contributed by atoms with Gasteiger partial charge in [0, 0.05) is 44.6 Å². The summed E-state index contributed by atoms with van der Waals surface area (Å²) in [5.74, 6) is 0.410. The van der Waals surface area contributed by atoms with Crippen molar-refractivity contribution in [3.05, 3.63) is 95.8 Å². The summed E-state index contributed by atoms with van der Waals surface area (Å²) in [7, 11) is 0. The molecule has 5 atom stereocenters. The number of nitrogens with zero attached hydrogens (tertiary/aromatic N) is 5. The number of hydrogen-bond donors (Lipinski definition) is 10. The monoisotopic (exact) mass is 767 g/mol. The maximum Gasteiger partial charge on any atom is 0.315 e. The molecule has 0 unspecified atom stereocenters. The van der Waals surface area contributed by atoms with E-state index in [-0.39, 0.29) is 61.2 Å². The molecule has 3 heterocycles. The van der Waals surface area contributed by atoms with Crippen LogP contribution < -0.4 is 26.2 Å². The highest BCUT2D eigenvalue weighted by Gasteiger charge is 2.44. The average Bonchev–Trinajstić information content (AvgIpc) is 3.90. The number of phenols is 3. The molecule has 5 aromatic rings. The summed E-state index contributed by atoms with van der Waals surface area (Å²) in [5.41, 5.74) is 3.32. The van der Waals surface area contributed by atoms with Crippen molar-refractivity contribution in [2.24, 2.45) is 0 Å². The number of carbonyl (C=O) groups is 2. The van der Waals surface area contributed by atoms with Gasteiger partial charge in [-0.3, -0.25) is 4.79 Å². The molecule has 1 saturated carbocycles. The Balaban J connectivity index is 1.16. The first-order valence-corrected chi connectivity index (χ1v) is 18.5. The Hall–Kier alpha value is -6.17. The SMILES string of the molecule is O=C(CCO)N[C@H]1C[C@@H](n2cnc3c(NCC(c4ccc(O)cc4)c4ccc(O)cc4)nc(N4CC[C@@H](NC(=O)NCc5cccc(O)c5)C4)nc32)[C@H](O)[C@@H]1O. The van der Waals surface area contributed by atoms with E-state index < -0.39 is 30.2 Å². The molecule has 0 bridgehead atoms. The van der Waals surface area contributed by atoms with Crippen LogP contribution in [-0.4, -0.2) is 113 Å². The number of phenolic OH excluding ortho intramolecular Hbond substituents is 3. The number of aliphatic hydroxyl groups excluding tert-OH is 3. The fourth-order valence-corrected chi connectivity index (χ4v) is 7.41. The number of aromatic hydroxyl groups is 3. The molecule has 2 aromatic heterocycles. The number of fused-ring (bicyclic) bond motifs is 1. The van der Waals surface area contributed by atoms with E-state index >= 15 is 0 Å². The Morgan fingerprint density at radius 2 is 1.59 bits per heavy atom. The lowest BCUT2D eigenvalue weighted by Crippen LogP contribution is -2.43. The van der Waals surface area contributed by atoms with E-state index in [4.69, 9.17) is 9.97 Å². The zero-order valence-electron chi connectivity index (χ0n) is 30.4. The lowest BCUT2D eigenvalue weighted by Gasteiger charge is -2.22. The number of urea groups is 1. The van der Waals surface area contributed by atoms with Crippen molar-refractivity contribution in [1.29, 1.82) is 0 Å². The fraction of sp³-hybridized carbons (Fsp3) is 0.359. The molecule has 2 fully saturated rings. The second-order valence-corrected chi connectivity index (χ2v) is 14.2. The van der Waals surface area contributed by atoms with Crippen LogP contribution in [0.1, 0.15) is 47.9 Å². The molecule has 2 aliphatic rings. The van der Waals surface area contributed by atoms with Gasteiger partial charge in [0.2, 0.25) is 11.9 Å². The van der Waals surface area contributed by atoms with Crippen molar-refractivity contribution in [2.75, 3.05) is 36.5 Å². The third kappa shape index (κ3) is 8.54. The molecule has 17 heteroatoms. The molecule has 0 radical (unpaired) electrons. The zero-order valence-corrected chi connectivity index (χ0v) is 30.4. The minimum atomic E-state index is -1.28. The molecule has 10 N–H and O–H groups in total. The smallest absolute Gasteiger partial charge is 0.315 e. The number of aliphatic hydroxyl groups is 3. The largest absolute Gasteiger partial charge is 0.508 e. The number of aromatic nitrogens is 4. The van der Waals surface area contributed by atoms with Gasteiger partial charge in [0.15, 0.2) is 17.0 Å². The lowest BCUT2D eigenvalue weighted by molar-refractivity contribution is -0.123. The van der Waals surface area contributed by atoms with Gasteiger partial charge in [-0.1, -0.05) is 36.4 Å². The van der Waals surface area contributed by atoms with Crippen LogP contribution >= 0.6 is 0 Å². The predicted octanol–water partition coefficient (Wildman–Crippen LogP) is 1.80. The summed E-state index contributed by atoms with van der Waals surface area (Å²) in [6.07, 6.45) is -0.382. The van der Waals surface area contributed by atoms with Crippen LogP contribution in [0.25, 0.3) is 11.2 Å². The van der Waals surface area contributed by atoms with Crippen molar-refractivity contribution in [1.82, 2.24) is 35.5 Å². The maximum absolute atomic E-state index is 12.8. The molecule has 1 saturated heterocycles. The first-order chi connectivity index (χ1) is 27.1. The number of amides is 3. The molecule has 17 nitrogen and oxygen atoms in total. The van der Waals surface area contributed by atoms with Crippen LogP contribution in [0.15, 0.2) is 79.1 Å². The van der Waals surface area contributed by atoms with Crippen molar-refractivity contribution in [2.45, 2.75) is 62.1 Å². The molecule has 56 heavy (non-hydrogen) atoms. The van der Waals surface area contributed by atoms with E-state index in [0.717, 1.165) is 16.7 Å². The van der Waals surface area contributed by atoms with Gasteiger partial charge in [0.1, 0.15) is 29.5 Å². The van der Waals surface area contributed by atoms with E-state index in [1.807, 2.05) is 29.2 Å². The minimum absolute atomic E-state index is 0.114. The van der Waals surface area contributed by atoms with E-state index in [1.54, 1.807) is 53.1 Å². The molecular formula is C39H45N9O8. The van der Waals surface area contributed by atoms with Crippen molar-refractivity contribution < 1.29 is 40.2 Å². The number of anilines is 2. The summed E-state index contributed by atoms with van der Waals surface area (Å²) >= 11 is 0. The van der Waals surface area contributed by atoms with Gasteiger partial charge in [-0.2, -0.15) is 9.97 Å². The number of hydrogen-bond acceptors (Lipinski definition) is 13. The number of nitrogens with one attached hydrogen (secondary N) is 4. The van der Waals surface area contributed by atoms with Gasteiger partial charge in [-0.25, -0.2) is 9.78 Å². The normalized spacial score (nSPS) is 20.7. The summed E-state index contributed by atoms with van der Waals surface area (Å²) < 4.78 is 1.68. The molecule has 3 aromatic carbocycles. The van der Waals surface area contributed by atoms with Crippen LogP contribution in [0.5, 0.6) is 17.2 Å². The molecule has 7 rings (SSSR count). The highest BCUT2D eigenvalue weighted by molar-refractivity contribution is 5.85. The quantitative estimate of drug-likeness (QED) is 0.0822. The fourth-order valence-electron chi connectivity index (χ4n) is 7.41. The van der Waals surface area contributed by atoms with Gasteiger partial charge in [-0.05, 0) is 65.9 Å². The van der Waals surface area contributed by atoms with Crippen LogP contribution in [0, 0.1) is 0 Å². The Morgan fingerprint density at radius 1 is 0.875 bits per heavy atom. The molecule has 1 aliphatic heterocycles. The first-order valence-electron chi connectivity index (χ1n) is 18.5. The predicted molar refractivity (Wildman–Crippen MR) is 205 cm³/mol. The average molecular weight is 768 g/mol.